The maximum Gasteiger partial charge on any atom is 0.410 e. The molecule has 7 nitrogen and oxygen atoms in total. The molecule has 2 heterocycles. The highest BCUT2D eigenvalue weighted by Gasteiger charge is 2.27. The summed E-state index contributed by atoms with van der Waals surface area (Å²) in [5.74, 6) is 0.380. The first-order valence-corrected chi connectivity index (χ1v) is 8.10. The Morgan fingerprint density at radius 3 is 2.61 bits per heavy atom. The van der Waals surface area contributed by atoms with E-state index in [0.717, 1.165) is 12.8 Å². The van der Waals surface area contributed by atoms with Crippen molar-refractivity contribution >= 4 is 11.9 Å². The normalized spacial score (nSPS) is 16.3. The van der Waals surface area contributed by atoms with E-state index >= 15 is 0 Å². The summed E-state index contributed by atoms with van der Waals surface area (Å²) >= 11 is 0. The summed E-state index contributed by atoms with van der Waals surface area (Å²) in [5.41, 5.74) is -0.588. The van der Waals surface area contributed by atoms with Crippen LogP contribution in [0.2, 0.25) is 0 Å². The maximum absolute atomic E-state index is 12.2. The first-order chi connectivity index (χ1) is 10.8. The van der Waals surface area contributed by atoms with Crippen LogP contribution < -0.4 is 10.9 Å². The van der Waals surface area contributed by atoms with Gasteiger partial charge in [0.25, 0.3) is 5.56 Å². The summed E-state index contributed by atoms with van der Waals surface area (Å²) in [6, 6.07) is 0.140. The first kappa shape index (κ1) is 17.3. The van der Waals surface area contributed by atoms with Gasteiger partial charge in [-0.05, 0) is 40.5 Å². The van der Waals surface area contributed by atoms with E-state index in [-0.39, 0.29) is 17.7 Å². The van der Waals surface area contributed by atoms with Crippen LogP contribution >= 0.6 is 0 Å². The molecule has 128 valence electrons. The molecular weight excluding hydrogens is 296 g/mol. The molecule has 1 aliphatic rings. The molecule has 0 bridgehead atoms. The molecule has 1 fully saturated rings. The topological polar surface area (TPSA) is 76.5 Å². The Labute approximate surface area is 136 Å². The molecular formula is C16H26N4O3. The molecule has 1 N–H and O–H groups in total. The van der Waals surface area contributed by atoms with Crippen LogP contribution in [0.1, 0.15) is 40.5 Å². The van der Waals surface area contributed by atoms with Crippen molar-refractivity contribution in [2.45, 2.75) is 58.7 Å². The Morgan fingerprint density at radius 1 is 1.39 bits per heavy atom. The average molecular weight is 322 g/mol. The number of amides is 1. The van der Waals surface area contributed by atoms with Gasteiger partial charge < -0.3 is 19.5 Å². The Kier molecular flexibility index (Phi) is 5.28. The van der Waals surface area contributed by atoms with Gasteiger partial charge in [-0.15, -0.1) is 0 Å². The molecule has 0 spiro atoms. The molecule has 23 heavy (non-hydrogen) atoms. The third-order valence-corrected chi connectivity index (χ3v) is 3.74. The Hall–Kier alpha value is -2.05. The SMILES string of the molecule is CCn1ccnc(NC2CCN(C(=O)OC(C)(C)C)CC2)c1=O. The highest BCUT2D eigenvalue weighted by molar-refractivity contribution is 5.68. The molecule has 0 aliphatic carbocycles. The highest BCUT2D eigenvalue weighted by Crippen LogP contribution is 2.17. The monoisotopic (exact) mass is 322 g/mol. The van der Waals surface area contributed by atoms with E-state index < -0.39 is 5.60 Å². The third-order valence-electron chi connectivity index (χ3n) is 3.74. The van der Waals surface area contributed by atoms with Crippen molar-refractivity contribution in [1.29, 1.82) is 0 Å². The number of hydrogen-bond acceptors (Lipinski definition) is 5. The second kappa shape index (κ2) is 7.02. The van der Waals surface area contributed by atoms with Gasteiger partial charge in [0.2, 0.25) is 0 Å². The van der Waals surface area contributed by atoms with Gasteiger partial charge in [0, 0.05) is 38.1 Å². The predicted octanol–water partition coefficient (Wildman–Crippen LogP) is 2.07. The number of carbonyl (C=O) groups is 1. The van der Waals surface area contributed by atoms with E-state index in [0.29, 0.717) is 25.5 Å². The fourth-order valence-electron chi connectivity index (χ4n) is 2.52. The van der Waals surface area contributed by atoms with Gasteiger partial charge in [0.05, 0.1) is 0 Å². The van der Waals surface area contributed by atoms with E-state index in [1.165, 1.54) is 0 Å². The van der Waals surface area contributed by atoms with Crippen molar-refractivity contribution in [3.05, 3.63) is 22.7 Å². The van der Waals surface area contributed by atoms with Gasteiger partial charge in [-0.2, -0.15) is 0 Å². The van der Waals surface area contributed by atoms with Crippen molar-refractivity contribution in [3.8, 4) is 0 Å². The highest BCUT2D eigenvalue weighted by atomic mass is 16.6. The third kappa shape index (κ3) is 4.71. The van der Waals surface area contributed by atoms with Crippen LogP contribution in [0.5, 0.6) is 0 Å². The molecule has 1 saturated heterocycles. The zero-order chi connectivity index (χ0) is 17.0. The first-order valence-electron chi connectivity index (χ1n) is 8.10. The number of likely N-dealkylation sites (tertiary alicyclic amines) is 1. The number of carbonyl (C=O) groups excluding carboxylic acids is 1. The number of rotatable bonds is 3. The molecule has 1 aromatic heterocycles. The molecule has 0 saturated carbocycles. The van der Waals surface area contributed by atoms with Crippen molar-refractivity contribution in [3.63, 3.8) is 0 Å². The van der Waals surface area contributed by atoms with E-state index in [2.05, 4.69) is 10.3 Å². The van der Waals surface area contributed by atoms with Crippen LogP contribution in [0.15, 0.2) is 17.2 Å². The van der Waals surface area contributed by atoms with E-state index in [1.54, 1.807) is 21.9 Å². The van der Waals surface area contributed by atoms with Crippen molar-refractivity contribution in [2.75, 3.05) is 18.4 Å². The van der Waals surface area contributed by atoms with E-state index in [1.807, 2.05) is 27.7 Å². The number of nitrogens with one attached hydrogen (secondary N) is 1. The lowest BCUT2D eigenvalue weighted by atomic mass is 10.1. The fourth-order valence-corrected chi connectivity index (χ4v) is 2.52. The van der Waals surface area contributed by atoms with Gasteiger partial charge in [0.1, 0.15) is 5.60 Å². The molecule has 7 heteroatoms. The fraction of sp³-hybridized carbons (Fsp3) is 0.688. The smallest absolute Gasteiger partial charge is 0.410 e. The summed E-state index contributed by atoms with van der Waals surface area (Å²) in [4.78, 5) is 30.0. The molecule has 0 radical (unpaired) electrons. The molecule has 0 unspecified atom stereocenters. The number of aromatic nitrogens is 2. The average Bonchev–Trinajstić information content (AvgIpc) is 2.48. The summed E-state index contributed by atoms with van der Waals surface area (Å²) in [6.07, 6.45) is 4.56. The van der Waals surface area contributed by atoms with Crippen molar-refractivity contribution in [1.82, 2.24) is 14.5 Å². The Bertz CT molecular complexity index is 598. The summed E-state index contributed by atoms with van der Waals surface area (Å²) < 4.78 is 7.00. The molecule has 1 aliphatic heterocycles. The summed E-state index contributed by atoms with van der Waals surface area (Å²) in [7, 11) is 0. The Balaban J connectivity index is 1.90. The van der Waals surface area contributed by atoms with Gasteiger partial charge >= 0.3 is 6.09 Å². The number of anilines is 1. The van der Waals surface area contributed by atoms with Crippen LogP contribution in [0.4, 0.5) is 10.6 Å². The largest absolute Gasteiger partial charge is 0.444 e. The van der Waals surface area contributed by atoms with Crippen LogP contribution in [0.25, 0.3) is 0 Å². The second-order valence-corrected chi connectivity index (χ2v) is 6.75. The summed E-state index contributed by atoms with van der Waals surface area (Å²) in [5, 5.41) is 3.21. The zero-order valence-electron chi connectivity index (χ0n) is 14.3. The minimum Gasteiger partial charge on any atom is -0.444 e. The number of aryl methyl sites for hydroxylation is 1. The van der Waals surface area contributed by atoms with Crippen molar-refractivity contribution < 1.29 is 9.53 Å². The van der Waals surface area contributed by atoms with Gasteiger partial charge in [-0.25, -0.2) is 9.78 Å². The van der Waals surface area contributed by atoms with Crippen molar-refractivity contribution in [2.24, 2.45) is 0 Å². The van der Waals surface area contributed by atoms with Gasteiger partial charge in [-0.1, -0.05) is 0 Å². The molecule has 0 atom stereocenters. The zero-order valence-corrected chi connectivity index (χ0v) is 14.3. The molecule has 2 rings (SSSR count). The summed E-state index contributed by atoms with van der Waals surface area (Å²) in [6.45, 7) is 9.34. The number of ether oxygens (including phenoxy) is 1. The predicted molar refractivity (Wildman–Crippen MR) is 88.6 cm³/mol. The minimum absolute atomic E-state index is 0.107. The number of hydrogen-bond donors (Lipinski definition) is 1. The molecule has 0 aromatic carbocycles. The number of nitrogens with zero attached hydrogens (tertiary/aromatic N) is 3. The lowest BCUT2D eigenvalue weighted by Gasteiger charge is -2.33. The van der Waals surface area contributed by atoms with Crippen LogP contribution in [-0.4, -0.2) is 45.3 Å². The molecule has 1 aromatic rings. The van der Waals surface area contributed by atoms with Crippen LogP contribution in [0, 0.1) is 0 Å². The quantitative estimate of drug-likeness (QED) is 0.922. The van der Waals surface area contributed by atoms with E-state index in [9.17, 15) is 9.59 Å². The minimum atomic E-state index is -0.481. The number of piperidine rings is 1. The lowest BCUT2D eigenvalue weighted by molar-refractivity contribution is 0.0210. The van der Waals surface area contributed by atoms with Gasteiger partial charge in [0.15, 0.2) is 5.82 Å². The van der Waals surface area contributed by atoms with Gasteiger partial charge in [-0.3, -0.25) is 4.79 Å². The van der Waals surface area contributed by atoms with Crippen LogP contribution in [-0.2, 0) is 11.3 Å². The standard InChI is InChI=1S/C16H26N4O3/c1-5-19-11-8-17-13(14(19)21)18-12-6-9-20(10-7-12)15(22)23-16(2,3)4/h8,11-12H,5-7,9-10H2,1-4H3,(H,17,18). The Morgan fingerprint density at radius 2 is 2.04 bits per heavy atom. The lowest BCUT2D eigenvalue weighted by Crippen LogP contribution is -2.45. The van der Waals surface area contributed by atoms with E-state index in [4.69, 9.17) is 4.74 Å². The second-order valence-electron chi connectivity index (χ2n) is 6.75. The maximum atomic E-state index is 12.2. The van der Waals surface area contributed by atoms with Crippen LogP contribution in [0.3, 0.4) is 0 Å². The molecule has 1 amide bonds.